The molecule has 0 bridgehead atoms. The summed E-state index contributed by atoms with van der Waals surface area (Å²) in [5.41, 5.74) is 13.9. The lowest BCUT2D eigenvalue weighted by Crippen LogP contribution is -2.40. The van der Waals surface area contributed by atoms with Crippen molar-refractivity contribution < 1.29 is 0 Å². The summed E-state index contributed by atoms with van der Waals surface area (Å²) in [5.74, 6) is 2.36. The smallest absolute Gasteiger partial charge is 0.0495 e. The fourth-order valence-corrected chi connectivity index (χ4v) is 12.8. The molecule has 2 heteroatoms. The lowest BCUT2D eigenvalue weighted by Gasteiger charge is -2.38. The van der Waals surface area contributed by atoms with Crippen LogP contribution in [0.2, 0.25) is 0 Å². The van der Waals surface area contributed by atoms with Gasteiger partial charge in [-0.25, -0.2) is 0 Å². The molecule has 2 fully saturated rings. The van der Waals surface area contributed by atoms with Gasteiger partial charge >= 0.3 is 0 Å². The number of rotatable bonds is 4. The molecule has 0 radical (unpaired) electrons. The SMILES string of the molecule is CC1CCC2(C)C1c1cc(-c3cc4ccc5cc(-c6ccc7c(c6)C6C(C)CCC6(C)N7c6ccccc6)cc6ccc(c3)c4c56)ccc1N2c1ccccc1. The minimum absolute atomic E-state index is 0.103. The van der Waals surface area contributed by atoms with E-state index in [-0.39, 0.29) is 11.1 Å². The summed E-state index contributed by atoms with van der Waals surface area (Å²) in [6, 6.07) is 56.0. The highest BCUT2D eigenvalue weighted by Gasteiger charge is 2.55. The zero-order chi connectivity index (χ0) is 37.5. The summed E-state index contributed by atoms with van der Waals surface area (Å²) in [6.45, 7) is 9.94. The highest BCUT2D eigenvalue weighted by atomic mass is 15.3. The minimum atomic E-state index is 0.103. The molecule has 2 saturated carbocycles. The first-order valence-electron chi connectivity index (χ1n) is 21.0. The summed E-state index contributed by atoms with van der Waals surface area (Å²) in [4.78, 5) is 5.31. The quantitative estimate of drug-likeness (QED) is 0.167. The first-order chi connectivity index (χ1) is 27.3. The number of hydrogen-bond donors (Lipinski definition) is 0. The summed E-state index contributed by atoms with van der Waals surface area (Å²) in [6.07, 6.45) is 4.99. The predicted octanol–water partition coefficient (Wildman–Crippen LogP) is 14.8. The van der Waals surface area contributed by atoms with Crippen LogP contribution < -0.4 is 9.80 Å². The van der Waals surface area contributed by atoms with E-state index in [0.29, 0.717) is 23.7 Å². The lowest BCUT2D eigenvalue weighted by molar-refractivity contribution is 0.414. The Kier molecular flexibility index (Phi) is 6.69. The van der Waals surface area contributed by atoms with Gasteiger partial charge in [0.1, 0.15) is 0 Å². The van der Waals surface area contributed by atoms with E-state index in [1.54, 1.807) is 0 Å². The van der Waals surface area contributed by atoms with Crippen LogP contribution in [-0.4, -0.2) is 11.1 Å². The van der Waals surface area contributed by atoms with Crippen LogP contribution in [0.5, 0.6) is 0 Å². The van der Waals surface area contributed by atoms with Gasteiger partial charge in [0.2, 0.25) is 0 Å². The summed E-state index contributed by atoms with van der Waals surface area (Å²) >= 11 is 0. The van der Waals surface area contributed by atoms with Crippen molar-refractivity contribution in [3.05, 3.63) is 157 Å². The predicted molar refractivity (Wildman–Crippen MR) is 237 cm³/mol. The van der Waals surface area contributed by atoms with Crippen molar-refractivity contribution in [3.63, 3.8) is 0 Å². The van der Waals surface area contributed by atoms with Crippen molar-refractivity contribution >= 4 is 55.1 Å². The second-order valence-electron chi connectivity index (χ2n) is 18.3. The Bertz CT molecular complexity index is 2590. The highest BCUT2D eigenvalue weighted by Crippen LogP contribution is 2.62. The third-order valence-electron chi connectivity index (χ3n) is 15.1. The van der Waals surface area contributed by atoms with E-state index in [4.69, 9.17) is 0 Å². The van der Waals surface area contributed by atoms with Gasteiger partial charge < -0.3 is 9.80 Å². The van der Waals surface area contributed by atoms with E-state index in [9.17, 15) is 0 Å². The van der Waals surface area contributed by atoms with Gasteiger partial charge in [-0.05, 0) is 190 Å². The molecule has 0 saturated heterocycles. The zero-order valence-corrected chi connectivity index (χ0v) is 32.9. The van der Waals surface area contributed by atoms with Crippen molar-refractivity contribution in [1.82, 2.24) is 0 Å². The summed E-state index contributed by atoms with van der Waals surface area (Å²) in [7, 11) is 0. The second-order valence-corrected chi connectivity index (χ2v) is 18.3. The molecule has 0 spiro atoms. The fourth-order valence-electron chi connectivity index (χ4n) is 12.8. The number of nitrogens with zero attached hydrogens (tertiary/aromatic N) is 2. The maximum Gasteiger partial charge on any atom is 0.0495 e. The molecule has 274 valence electrons. The average Bonchev–Trinajstić information content (AvgIpc) is 3.88. The number of anilines is 4. The van der Waals surface area contributed by atoms with E-state index in [0.717, 1.165) is 0 Å². The van der Waals surface area contributed by atoms with Gasteiger partial charge in [0.25, 0.3) is 0 Å². The molecule has 0 amide bonds. The van der Waals surface area contributed by atoms with Crippen LogP contribution in [0.25, 0.3) is 54.6 Å². The summed E-state index contributed by atoms with van der Waals surface area (Å²) in [5, 5.41) is 8.05. The van der Waals surface area contributed by atoms with Crippen molar-refractivity contribution in [2.24, 2.45) is 11.8 Å². The van der Waals surface area contributed by atoms with Crippen LogP contribution in [0.4, 0.5) is 22.7 Å². The molecule has 2 heterocycles. The third-order valence-corrected chi connectivity index (χ3v) is 15.1. The molecule has 0 aromatic heterocycles. The molecule has 2 aliphatic carbocycles. The van der Waals surface area contributed by atoms with Gasteiger partial charge in [-0.15, -0.1) is 0 Å². The van der Waals surface area contributed by atoms with Crippen LogP contribution in [0, 0.1) is 11.8 Å². The average molecular weight is 725 g/mol. The molecule has 6 atom stereocenters. The number of fused-ring (bicyclic) bond motifs is 6. The van der Waals surface area contributed by atoms with E-state index in [1.807, 2.05) is 0 Å². The van der Waals surface area contributed by atoms with Gasteiger partial charge in [0, 0.05) is 45.7 Å². The van der Waals surface area contributed by atoms with Gasteiger partial charge in [-0.3, -0.25) is 0 Å². The van der Waals surface area contributed by atoms with Gasteiger partial charge in [-0.2, -0.15) is 0 Å². The maximum absolute atomic E-state index is 2.66. The molecule has 0 N–H and O–H groups in total. The van der Waals surface area contributed by atoms with Crippen LogP contribution >= 0.6 is 0 Å². The Morgan fingerprint density at radius 2 is 0.804 bits per heavy atom. The molecule has 56 heavy (non-hydrogen) atoms. The largest absolute Gasteiger partial charge is 0.335 e. The monoisotopic (exact) mass is 724 g/mol. The van der Waals surface area contributed by atoms with E-state index in [2.05, 4.69) is 183 Å². The Morgan fingerprint density at radius 1 is 0.429 bits per heavy atom. The fraction of sp³-hybridized carbons (Fsp3) is 0.259. The molecule has 12 rings (SSSR count). The molecule has 6 unspecified atom stereocenters. The normalized spacial score (nSPS) is 26.4. The first-order valence-corrected chi connectivity index (χ1v) is 21.0. The first kappa shape index (κ1) is 32.6. The van der Waals surface area contributed by atoms with Crippen LogP contribution in [0.1, 0.15) is 76.3 Å². The molecule has 4 aliphatic rings. The standard InChI is InChI=1S/C54H48N2/c1-33-23-25-53(3)51(33)45-31-35(19-21-47(45)55(53)43-11-7-5-8-12-43)41-27-37-15-17-39-29-42(30-40-18-16-38(28-41)49(37)50(39)40)36-20-22-48-46(32-36)52-34(2)24-26-54(52,4)56(48)44-13-9-6-10-14-44/h5-22,27-34,51-52H,23-26H2,1-4H3. The Labute approximate surface area is 330 Å². The summed E-state index contributed by atoms with van der Waals surface area (Å²) < 4.78 is 0. The van der Waals surface area contributed by atoms with E-state index >= 15 is 0 Å². The maximum atomic E-state index is 2.66. The number of para-hydroxylation sites is 2. The van der Waals surface area contributed by atoms with Crippen LogP contribution in [0.3, 0.4) is 0 Å². The molecular weight excluding hydrogens is 677 g/mol. The van der Waals surface area contributed by atoms with Crippen molar-refractivity contribution in [3.8, 4) is 22.3 Å². The lowest BCUT2D eigenvalue weighted by atomic mass is 9.81. The second kappa shape index (κ2) is 11.5. The van der Waals surface area contributed by atoms with E-state index in [1.165, 1.54) is 114 Å². The third kappa shape index (κ3) is 4.33. The van der Waals surface area contributed by atoms with Crippen molar-refractivity contribution in [2.75, 3.05) is 9.80 Å². The molecule has 2 aliphatic heterocycles. The van der Waals surface area contributed by atoms with Crippen LogP contribution in [-0.2, 0) is 0 Å². The highest BCUT2D eigenvalue weighted by molar-refractivity contribution is 6.24. The van der Waals surface area contributed by atoms with Gasteiger partial charge in [0.05, 0.1) is 0 Å². The van der Waals surface area contributed by atoms with Gasteiger partial charge in [-0.1, -0.05) is 86.6 Å². The molecule has 8 aromatic carbocycles. The Morgan fingerprint density at radius 3 is 1.18 bits per heavy atom. The Balaban J connectivity index is 0.943. The number of benzene rings is 8. The van der Waals surface area contributed by atoms with Crippen molar-refractivity contribution in [2.45, 2.75) is 76.3 Å². The number of hydrogen-bond acceptors (Lipinski definition) is 2. The Hall–Kier alpha value is -5.60. The van der Waals surface area contributed by atoms with Gasteiger partial charge in [0.15, 0.2) is 0 Å². The zero-order valence-electron chi connectivity index (χ0n) is 32.9. The molecule has 2 nitrogen and oxygen atoms in total. The van der Waals surface area contributed by atoms with E-state index < -0.39 is 0 Å². The minimum Gasteiger partial charge on any atom is -0.335 e. The van der Waals surface area contributed by atoms with Crippen molar-refractivity contribution in [1.29, 1.82) is 0 Å². The topological polar surface area (TPSA) is 6.48 Å². The molecular formula is C54H48N2. The van der Waals surface area contributed by atoms with Crippen LogP contribution in [0.15, 0.2) is 146 Å². The molecule has 8 aromatic rings.